The third-order valence-corrected chi connectivity index (χ3v) is 3.70. The van der Waals surface area contributed by atoms with Crippen LogP contribution in [0.15, 0.2) is 4.52 Å². The second-order valence-electron chi connectivity index (χ2n) is 4.90. The van der Waals surface area contributed by atoms with Crippen molar-refractivity contribution in [3.8, 4) is 0 Å². The Morgan fingerprint density at radius 3 is 2.72 bits per heavy atom. The molecule has 2 heterocycles. The quantitative estimate of drug-likeness (QED) is 0.707. The molecule has 0 radical (unpaired) electrons. The minimum atomic E-state index is 0.00481. The molecule has 0 aromatic carbocycles. The normalized spacial score (nSPS) is 20.3. The van der Waals surface area contributed by atoms with Gasteiger partial charge in [-0.2, -0.15) is 0 Å². The van der Waals surface area contributed by atoms with Crippen molar-refractivity contribution in [1.82, 2.24) is 10.1 Å². The predicted molar refractivity (Wildman–Crippen MR) is 64.5 cm³/mol. The Labute approximate surface area is 106 Å². The van der Waals surface area contributed by atoms with Crippen molar-refractivity contribution in [3.05, 3.63) is 17.0 Å². The van der Waals surface area contributed by atoms with Gasteiger partial charge in [0.25, 0.3) is 5.91 Å². The van der Waals surface area contributed by atoms with Gasteiger partial charge in [-0.3, -0.25) is 4.79 Å². The first-order chi connectivity index (χ1) is 8.86. The summed E-state index contributed by atoms with van der Waals surface area (Å²) in [6.45, 7) is 2.54. The van der Waals surface area contributed by atoms with Crippen molar-refractivity contribution in [2.45, 2.75) is 32.1 Å². The summed E-state index contributed by atoms with van der Waals surface area (Å²) in [5.74, 6) is 0.925. The Hall–Kier alpha value is -1.36. The number of carbonyl (C=O) groups is 1. The summed E-state index contributed by atoms with van der Waals surface area (Å²) in [6, 6.07) is 0. The maximum Gasteiger partial charge on any atom is 0.276 e. The van der Waals surface area contributed by atoms with Crippen LogP contribution >= 0.6 is 0 Å². The second kappa shape index (κ2) is 5.10. The molecule has 5 nitrogen and oxygen atoms in total. The minimum absolute atomic E-state index is 0.00481. The van der Waals surface area contributed by atoms with Gasteiger partial charge in [0.05, 0.1) is 13.2 Å². The maximum absolute atomic E-state index is 12.4. The lowest BCUT2D eigenvalue weighted by atomic mass is 10.1. The van der Waals surface area contributed by atoms with E-state index in [2.05, 4.69) is 5.16 Å². The molecule has 1 aliphatic carbocycles. The van der Waals surface area contributed by atoms with Crippen LogP contribution in [0.3, 0.4) is 0 Å². The summed E-state index contributed by atoms with van der Waals surface area (Å²) in [7, 11) is 0. The van der Waals surface area contributed by atoms with Crippen molar-refractivity contribution in [3.63, 3.8) is 0 Å². The van der Waals surface area contributed by atoms with Crippen LogP contribution in [0.2, 0.25) is 0 Å². The van der Waals surface area contributed by atoms with E-state index in [0.29, 0.717) is 32.0 Å². The third kappa shape index (κ3) is 2.14. The van der Waals surface area contributed by atoms with Crippen LogP contribution in [-0.2, 0) is 17.6 Å². The summed E-state index contributed by atoms with van der Waals surface area (Å²) < 4.78 is 10.6. The third-order valence-electron chi connectivity index (χ3n) is 3.70. The highest BCUT2D eigenvalue weighted by Gasteiger charge is 2.27. The molecule has 2 aliphatic rings. The van der Waals surface area contributed by atoms with Crippen LogP contribution in [0, 0.1) is 0 Å². The van der Waals surface area contributed by atoms with E-state index in [4.69, 9.17) is 9.26 Å². The molecule has 98 valence electrons. The van der Waals surface area contributed by atoms with Crippen LogP contribution < -0.4 is 0 Å². The number of amides is 1. The number of nitrogens with zero attached hydrogens (tertiary/aromatic N) is 2. The SMILES string of the molecule is O=C(c1noc2c1CCCCC2)N1CCOCC1. The number of aryl methyl sites for hydroxylation is 1. The summed E-state index contributed by atoms with van der Waals surface area (Å²) in [4.78, 5) is 14.2. The number of hydrogen-bond donors (Lipinski definition) is 0. The van der Waals surface area contributed by atoms with Gasteiger partial charge in [0.15, 0.2) is 5.69 Å². The smallest absolute Gasteiger partial charge is 0.276 e. The summed E-state index contributed by atoms with van der Waals surface area (Å²) in [6.07, 6.45) is 5.29. The summed E-state index contributed by atoms with van der Waals surface area (Å²) >= 11 is 0. The molecular weight excluding hydrogens is 232 g/mol. The van der Waals surface area contributed by atoms with Crippen molar-refractivity contribution >= 4 is 5.91 Å². The van der Waals surface area contributed by atoms with Gasteiger partial charge >= 0.3 is 0 Å². The van der Waals surface area contributed by atoms with Crippen LogP contribution in [-0.4, -0.2) is 42.3 Å². The Kier molecular flexibility index (Phi) is 3.32. The van der Waals surface area contributed by atoms with E-state index in [1.165, 1.54) is 6.42 Å². The fourth-order valence-electron chi connectivity index (χ4n) is 2.65. The first-order valence-corrected chi connectivity index (χ1v) is 6.70. The van der Waals surface area contributed by atoms with Gasteiger partial charge in [-0.15, -0.1) is 0 Å². The number of carbonyl (C=O) groups excluding carboxylic acids is 1. The molecule has 3 rings (SSSR count). The highest BCUT2D eigenvalue weighted by atomic mass is 16.5. The monoisotopic (exact) mass is 250 g/mol. The summed E-state index contributed by atoms with van der Waals surface area (Å²) in [5.41, 5.74) is 1.58. The zero-order valence-electron chi connectivity index (χ0n) is 10.5. The second-order valence-corrected chi connectivity index (χ2v) is 4.90. The minimum Gasteiger partial charge on any atom is -0.378 e. The van der Waals surface area contributed by atoms with Crippen molar-refractivity contribution in [1.29, 1.82) is 0 Å². The average Bonchev–Trinajstić information content (AvgIpc) is 2.68. The lowest BCUT2D eigenvalue weighted by Crippen LogP contribution is -2.41. The average molecular weight is 250 g/mol. The van der Waals surface area contributed by atoms with Gasteiger partial charge in [0, 0.05) is 25.1 Å². The van der Waals surface area contributed by atoms with E-state index in [0.717, 1.165) is 37.0 Å². The van der Waals surface area contributed by atoms with Gasteiger partial charge in [-0.25, -0.2) is 0 Å². The summed E-state index contributed by atoms with van der Waals surface area (Å²) in [5, 5.41) is 4.01. The van der Waals surface area contributed by atoms with Gasteiger partial charge in [-0.1, -0.05) is 11.6 Å². The first kappa shape index (κ1) is 11.7. The number of rotatable bonds is 1. The molecular formula is C13H18N2O3. The molecule has 1 fully saturated rings. The van der Waals surface area contributed by atoms with E-state index < -0.39 is 0 Å². The molecule has 0 bridgehead atoms. The number of aromatic nitrogens is 1. The first-order valence-electron chi connectivity index (χ1n) is 6.70. The Morgan fingerprint density at radius 2 is 1.89 bits per heavy atom. The number of fused-ring (bicyclic) bond motifs is 1. The van der Waals surface area contributed by atoms with Crippen molar-refractivity contribution < 1.29 is 14.1 Å². The molecule has 1 aliphatic heterocycles. The Morgan fingerprint density at radius 1 is 1.11 bits per heavy atom. The molecule has 18 heavy (non-hydrogen) atoms. The zero-order valence-corrected chi connectivity index (χ0v) is 10.5. The van der Waals surface area contributed by atoms with Crippen LogP contribution in [0.4, 0.5) is 0 Å². The molecule has 1 saturated heterocycles. The highest BCUT2D eigenvalue weighted by Crippen LogP contribution is 2.24. The molecule has 0 unspecified atom stereocenters. The number of ether oxygens (including phenoxy) is 1. The van der Waals surface area contributed by atoms with E-state index in [1.807, 2.05) is 4.90 Å². The molecule has 0 spiro atoms. The van der Waals surface area contributed by atoms with Crippen molar-refractivity contribution in [2.75, 3.05) is 26.3 Å². The molecule has 1 aromatic rings. The molecule has 0 N–H and O–H groups in total. The van der Waals surface area contributed by atoms with Crippen LogP contribution in [0.5, 0.6) is 0 Å². The Balaban J connectivity index is 1.83. The molecule has 0 saturated carbocycles. The number of morpholine rings is 1. The molecule has 1 aromatic heterocycles. The van der Waals surface area contributed by atoms with Crippen LogP contribution in [0.25, 0.3) is 0 Å². The Bertz CT molecular complexity index is 435. The lowest BCUT2D eigenvalue weighted by Gasteiger charge is -2.26. The fraction of sp³-hybridized carbons (Fsp3) is 0.692. The highest BCUT2D eigenvalue weighted by molar-refractivity contribution is 5.94. The molecule has 5 heteroatoms. The van der Waals surface area contributed by atoms with E-state index >= 15 is 0 Å². The van der Waals surface area contributed by atoms with Crippen LogP contribution in [0.1, 0.15) is 41.1 Å². The van der Waals surface area contributed by atoms with E-state index in [-0.39, 0.29) is 5.91 Å². The zero-order chi connectivity index (χ0) is 12.4. The fourth-order valence-corrected chi connectivity index (χ4v) is 2.65. The standard InChI is InChI=1S/C13H18N2O3/c16-13(15-6-8-17-9-7-15)12-10-4-2-1-3-5-11(10)18-14-12/h1-9H2. The predicted octanol–water partition coefficient (Wildman–Crippen LogP) is 1.42. The topological polar surface area (TPSA) is 55.6 Å². The van der Waals surface area contributed by atoms with Gasteiger partial charge in [-0.05, 0) is 19.3 Å². The largest absolute Gasteiger partial charge is 0.378 e. The van der Waals surface area contributed by atoms with Gasteiger partial charge in [0.2, 0.25) is 0 Å². The van der Waals surface area contributed by atoms with E-state index in [1.54, 1.807) is 0 Å². The molecule has 0 atom stereocenters. The number of hydrogen-bond acceptors (Lipinski definition) is 4. The maximum atomic E-state index is 12.4. The van der Waals surface area contributed by atoms with Gasteiger partial charge in [0.1, 0.15) is 5.76 Å². The van der Waals surface area contributed by atoms with Gasteiger partial charge < -0.3 is 14.2 Å². The van der Waals surface area contributed by atoms with E-state index in [9.17, 15) is 4.79 Å². The molecule has 1 amide bonds. The van der Waals surface area contributed by atoms with Crippen molar-refractivity contribution in [2.24, 2.45) is 0 Å². The lowest BCUT2D eigenvalue weighted by molar-refractivity contribution is 0.0295.